The lowest BCUT2D eigenvalue weighted by atomic mass is 9.85. The monoisotopic (exact) mass is 543 g/mol. The maximum atomic E-state index is 15.1. The van der Waals surface area contributed by atoms with Gasteiger partial charge in [-0.2, -0.15) is 0 Å². The number of hydrogen-bond acceptors (Lipinski definition) is 6. The van der Waals surface area contributed by atoms with Crippen LogP contribution in [-0.4, -0.2) is 52.1 Å². The Balaban J connectivity index is 1.74. The summed E-state index contributed by atoms with van der Waals surface area (Å²) in [5.74, 6) is -3.86. The average molecular weight is 544 g/mol. The predicted molar refractivity (Wildman–Crippen MR) is 138 cm³/mol. The summed E-state index contributed by atoms with van der Waals surface area (Å²) < 4.78 is 41.4. The molecule has 2 aliphatic rings. The fourth-order valence-corrected chi connectivity index (χ4v) is 6.10. The number of carboxylic acids is 1. The largest absolute Gasteiger partial charge is 0.496 e. The first-order valence-electron chi connectivity index (χ1n) is 13.0. The predicted octanol–water partition coefficient (Wildman–Crippen LogP) is 5.13. The van der Waals surface area contributed by atoms with Gasteiger partial charge in [0.15, 0.2) is 11.6 Å². The number of aliphatic carboxylic acids is 1. The number of carbonyl (C=O) groups is 2. The molecule has 0 saturated heterocycles. The molecule has 208 valence electrons. The molecule has 2 heterocycles. The van der Waals surface area contributed by atoms with Crippen LogP contribution in [0.5, 0.6) is 5.75 Å². The first kappa shape index (κ1) is 26.9. The minimum Gasteiger partial charge on any atom is -0.496 e. The van der Waals surface area contributed by atoms with Crippen molar-refractivity contribution in [3.8, 4) is 5.75 Å². The molecule has 1 saturated carbocycles. The first-order valence-corrected chi connectivity index (χ1v) is 13.0. The van der Waals surface area contributed by atoms with E-state index in [1.54, 1.807) is 21.6 Å². The standard InChI is InChI=1S/C28H31F2N3O6/c1-14-7-8-17-19(32(14)28(37)39-3)10-11-20-24(17)31-26(33(20)16-6-4-5-15(13-16)27(35)36)25(34)22-21(38-2)12-9-18(29)23(22)30/h9-12,14-16,25,34H,4-8,13H2,1-3H3,(H,35,36)/t14-,15+,16+,25-/m0/s1. The van der Waals surface area contributed by atoms with E-state index in [0.717, 1.165) is 11.6 Å². The topological polar surface area (TPSA) is 114 Å². The van der Waals surface area contributed by atoms with Crippen molar-refractivity contribution in [3.63, 3.8) is 0 Å². The van der Waals surface area contributed by atoms with Crippen LogP contribution in [0.4, 0.5) is 19.3 Å². The SMILES string of the molecule is COC(=O)N1c2ccc3c(nc([C@@H](O)c4c(OC)ccc(F)c4F)n3[C@@H]3CCC[C@@H](C(=O)O)C3)c2CC[C@@H]1C. The number of carboxylic acid groups (broad SMARTS) is 1. The minimum atomic E-state index is -1.71. The summed E-state index contributed by atoms with van der Waals surface area (Å²) >= 11 is 0. The highest BCUT2D eigenvalue weighted by Gasteiger charge is 2.36. The van der Waals surface area contributed by atoms with Crippen LogP contribution >= 0.6 is 0 Å². The molecule has 2 N–H and O–H groups in total. The number of aliphatic hydroxyl groups is 1. The summed E-state index contributed by atoms with van der Waals surface area (Å²) in [6, 6.07) is 5.26. The Bertz CT molecular complexity index is 1440. The lowest BCUT2D eigenvalue weighted by Gasteiger charge is -2.34. The van der Waals surface area contributed by atoms with E-state index in [0.29, 0.717) is 55.2 Å². The Hall–Kier alpha value is -3.73. The van der Waals surface area contributed by atoms with Crippen LogP contribution in [0.15, 0.2) is 24.3 Å². The van der Waals surface area contributed by atoms with E-state index in [2.05, 4.69) is 0 Å². The maximum absolute atomic E-state index is 15.1. The van der Waals surface area contributed by atoms with Crippen LogP contribution in [0.2, 0.25) is 0 Å². The highest BCUT2D eigenvalue weighted by atomic mass is 19.2. The van der Waals surface area contributed by atoms with Crippen molar-refractivity contribution in [1.82, 2.24) is 9.55 Å². The molecule has 39 heavy (non-hydrogen) atoms. The number of carbonyl (C=O) groups excluding carboxylic acids is 1. The molecule has 3 aromatic rings. The number of rotatable bonds is 5. The highest BCUT2D eigenvalue weighted by Crippen LogP contribution is 2.43. The van der Waals surface area contributed by atoms with Gasteiger partial charge in [0.1, 0.15) is 17.7 Å². The number of aromatic nitrogens is 2. The van der Waals surface area contributed by atoms with Crippen LogP contribution in [0.1, 0.15) is 68.1 Å². The van der Waals surface area contributed by atoms with Gasteiger partial charge in [-0.3, -0.25) is 9.69 Å². The lowest BCUT2D eigenvalue weighted by Crippen LogP contribution is -2.42. The summed E-state index contributed by atoms with van der Waals surface area (Å²) in [4.78, 5) is 30.8. The van der Waals surface area contributed by atoms with Crippen molar-refractivity contribution in [2.75, 3.05) is 19.1 Å². The van der Waals surface area contributed by atoms with Crippen molar-refractivity contribution in [2.24, 2.45) is 5.92 Å². The van der Waals surface area contributed by atoms with Crippen LogP contribution in [0.25, 0.3) is 11.0 Å². The Morgan fingerprint density at radius 1 is 1.13 bits per heavy atom. The van der Waals surface area contributed by atoms with E-state index in [-0.39, 0.29) is 23.7 Å². The van der Waals surface area contributed by atoms with Gasteiger partial charge in [-0.25, -0.2) is 18.6 Å². The number of benzene rings is 2. The molecule has 9 nitrogen and oxygen atoms in total. The Morgan fingerprint density at radius 2 is 1.90 bits per heavy atom. The summed E-state index contributed by atoms with van der Waals surface area (Å²) in [6.07, 6.45) is 1.12. The number of aryl methyl sites for hydroxylation is 1. The molecular formula is C28H31F2N3O6. The summed E-state index contributed by atoms with van der Waals surface area (Å²) in [5.41, 5.74) is 2.13. The Morgan fingerprint density at radius 3 is 2.59 bits per heavy atom. The molecule has 1 amide bonds. The van der Waals surface area contributed by atoms with Crippen molar-refractivity contribution < 1.29 is 38.1 Å². The van der Waals surface area contributed by atoms with E-state index in [1.165, 1.54) is 20.3 Å². The number of hydrogen-bond donors (Lipinski definition) is 2. The highest BCUT2D eigenvalue weighted by molar-refractivity contribution is 5.95. The maximum Gasteiger partial charge on any atom is 0.414 e. The van der Waals surface area contributed by atoms with Gasteiger partial charge in [0.05, 0.1) is 42.4 Å². The molecule has 4 atom stereocenters. The van der Waals surface area contributed by atoms with Gasteiger partial charge in [0.25, 0.3) is 0 Å². The molecule has 5 rings (SSSR count). The van der Waals surface area contributed by atoms with Crippen LogP contribution in [0.3, 0.4) is 0 Å². The molecule has 1 fully saturated rings. The van der Waals surface area contributed by atoms with Crippen molar-refractivity contribution in [3.05, 3.63) is 52.9 Å². The fourth-order valence-electron chi connectivity index (χ4n) is 6.10. The number of ether oxygens (including phenoxy) is 2. The second-order valence-electron chi connectivity index (χ2n) is 10.2. The second-order valence-corrected chi connectivity index (χ2v) is 10.2. The van der Waals surface area contributed by atoms with Gasteiger partial charge in [0.2, 0.25) is 0 Å². The van der Waals surface area contributed by atoms with E-state index in [9.17, 15) is 24.2 Å². The number of halogens is 2. The smallest absolute Gasteiger partial charge is 0.414 e. The van der Waals surface area contributed by atoms with Gasteiger partial charge in [-0.1, -0.05) is 6.42 Å². The van der Waals surface area contributed by atoms with Gasteiger partial charge < -0.3 is 24.3 Å². The molecule has 1 aliphatic carbocycles. The molecule has 1 aliphatic heterocycles. The number of aliphatic hydroxyl groups excluding tert-OH is 1. The number of fused-ring (bicyclic) bond motifs is 3. The molecule has 0 spiro atoms. The third-order valence-corrected chi connectivity index (χ3v) is 8.04. The lowest BCUT2D eigenvalue weighted by molar-refractivity contribution is -0.143. The van der Waals surface area contributed by atoms with Crippen molar-refractivity contribution >= 4 is 28.8 Å². The zero-order valence-corrected chi connectivity index (χ0v) is 22.0. The van der Waals surface area contributed by atoms with Crippen LogP contribution in [0, 0.1) is 17.6 Å². The Kier molecular flexibility index (Phi) is 7.19. The quantitative estimate of drug-likeness (QED) is 0.459. The third-order valence-electron chi connectivity index (χ3n) is 8.04. The van der Waals surface area contributed by atoms with Gasteiger partial charge in [-0.15, -0.1) is 0 Å². The zero-order valence-electron chi connectivity index (χ0n) is 22.0. The summed E-state index contributed by atoms with van der Waals surface area (Å²) in [5, 5.41) is 21.3. The van der Waals surface area contributed by atoms with E-state index < -0.39 is 41.3 Å². The molecular weight excluding hydrogens is 512 g/mol. The molecule has 0 unspecified atom stereocenters. The fraction of sp³-hybridized carbons (Fsp3) is 0.464. The van der Waals surface area contributed by atoms with Gasteiger partial charge >= 0.3 is 12.1 Å². The normalized spacial score (nSPS) is 21.9. The minimum absolute atomic E-state index is 0.0419. The Labute approximate surface area is 224 Å². The molecule has 0 bridgehead atoms. The number of methoxy groups -OCH3 is 2. The molecule has 2 aromatic carbocycles. The van der Waals surface area contributed by atoms with Gasteiger partial charge in [-0.05, 0) is 63.3 Å². The number of amides is 1. The van der Waals surface area contributed by atoms with Crippen LogP contribution in [-0.2, 0) is 16.0 Å². The number of anilines is 1. The van der Waals surface area contributed by atoms with Crippen molar-refractivity contribution in [1.29, 1.82) is 0 Å². The van der Waals surface area contributed by atoms with Crippen molar-refractivity contribution in [2.45, 2.75) is 63.6 Å². The third kappa shape index (κ3) is 4.48. The summed E-state index contributed by atoms with van der Waals surface area (Å²) in [6.45, 7) is 1.92. The van der Waals surface area contributed by atoms with E-state index >= 15 is 4.39 Å². The zero-order chi connectivity index (χ0) is 28.0. The molecule has 11 heteroatoms. The van der Waals surface area contributed by atoms with E-state index in [1.807, 2.05) is 6.92 Å². The molecule has 0 radical (unpaired) electrons. The van der Waals surface area contributed by atoms with Crippen LogP contribution < -0.4 is 9.64 Å². The van der Waals surface area contributed by atoms with E-state index in [4.69, 9.17) is 14.5 Å². The summed E-state index contributed by atoms with van der Waals surface area (Å²) in [7, 11) is 2.61. The first-order chi connectivity index (χ1) is 18.7. The average Bonchev–Trinajstić information content (AvgIpc) is 3.33. The number of nitrogens with zero attached hydrogens (tertiary/aromatic N) is 3. The van der Waals surface area contributed by atoms with Gasteiger partial charge in [0, 0.05) is 17.6 Å². The number of imidazole rings is 1. The second kappa shape index (κ2) is 10.4. The molecule has 1 aromatic heterocycles.